The Morgan fingerprint density at radius 3 is 2.29 bits per heavy atom. The third kappa shape index (κ3) is 5.00. The van der Waals surface area contributed by atoms with Crippen LogP contribution in [0.4, 0.5) is 5.69 Å². The van der Waals surface area contributed by atoms with Gasteiger partial charge in [-0.2, -0.15) is 0 Å². The van der Waals surface area contributed by atoms with Gasteiger partial charge in [0.25, 0.3) is 5.91 Å². The minimum atomic E-state index is -0.0668. The second-order valence-electron chi connectivity index (χ2n) is 8.03. The van der Waals surface area contributed by atoms with Crippen LogP contribution in [0, 0.1) is 0 Å². The number of aryl methyl sites for hydroxylation is 1. The monoisotopic (exact) mass is 418 g/mol. The molecule has 0 aliphatic carbocycles. The third-order valence-corrected chi connectivity index (χ3v) is 6.06. The van der Waals surface area contributed by atoms with Gasteiger partial charge in [0, 0.05) is 31.4 Å². The van der Waals surface area contributed by atoms with Gasteiger partial charge in [-0.15, -0.1) is 0 Å². The quantitative estimate of drug-likeness (QED) is 0.532. The van der Waals surface area contributed by atoms with Gasteiger partial charge in [-0.05, 0) is 66.8 Å². The zero-order valence-electron chi connectivity index (χ0n) is 18.3. The van der Waals surface area contributed by atoms with E-state index >= 15 is 0 Å². The van der Waals surface area contributed by atoms with Gasteiger partial charge < -0.3 is 14.1 Å². The summed E-state index contributed by atoms with van der Waals surface area (Å²) in [5, 5.41) is 0. The SMILES string of the molecule is CCc1ccc(N(C(=O)c2ccco2)C2CCN(Cc3ccc(OC)cc3)CC2)cc1. The van der Waals surface area contributed by atoms with E-state index in [1.807, 2.05) is 17.0 Å². The van der Waals surface area contributed by atoms with Crippen LogP contribution in [0.3, 0.4) is 0 Å². The van der Waals surface area contributed by atoms with Crippen molar-refractivity contribution in [1.29, 1.82) is 0 Å². The summed E-state index contributed by atoms with van der Waals surface area (Å²) in [6.07, 6.45) is 4.40. The van der Waals surface area contributed by atoms with Crippen molar-refractivity contribution in [3.05, 3.63) is 83.8 Å². The molecule has 0 bridgehead atoms. The highest BCUT2D eigenvalue weighted by atomic mass is 16.5. The smallest absolute Gasteiger partial charge is 0.294 e. The molecule has 1 amide bonds. The maximum absolute atomic E-state index is 13.3. The van der Waals surface area contributed by atoms with Gasteiger partial charge in [0.2, 0.25) is 0 Å². The van der Waals surface area contributed by atoms with Crippen LogP contribution in [-0.4, -0.2) is 37.0 Å². The number of nitrogens with zero attached hydrogens (tertiary/aromatic N) is 2. The van der Waals surface area contributed by atoms with Crippen LogP contribution < -0.4 is 9.64 Å². The van der Waals surface area contributed by atoms with Gasteiger partial charge in [0.15, 0.2) is 5.76 Å². The van der Waals surface area contributed by atoms with E-state index in [-0.39, 0.29) is 11.9 Å². The highest BCUT2D eigenvalue weighted by Gasteiger charge is 2.31. The van der Waals surface area contributed by atoms with Gasteiger partial charge in [0.05, 0.1) is 13.4 Å². The Balaban J connectivity index is 1.46. The largest absolute Gasteiger partial charge is 0.497 e. The van der Waals surface area contributed by atoms with Gasteiger partial charge >= 0.3 is 0 Å². The lowest BCUT2D eigenvalue weighted by Crippen LogP contribution is -2.47. The normalized spacial score (nSPS) is 15.0. The van der Waals surface area contributed by atoms with E-state index < -0.39 is 0 Å². The van der Waals surface area contributed by atoms with Gasteiger partial charge in [-0.25, -0.2) is 0 Å². The summed E-state index contributed by atoms with van der Waals surface area (Å²) in [7, 11) is 1.69. The van der Waals surface area contributed by atoms with Crippen LogP contribution in [0.5, 0.6) is 5.75 Å². The van der Waals surface area contributed by atoms with E-state index in [1.54, 1.807) is 25.5 Å². The van der Waals surface area contributed by atoms with Crippen molar-refractivity contribution in [2.75, 3.05) is 25.1 Å². The molecule has 1 fully saturated rings. The van der Waals surface area contributed by atoms with Crippen LogP contribution in [0.1, 0.15) is 41.4 Å². The first-order valence-electron chi connectivity index (χ1n) is 11.0. The van der Waals surface area contributed by atoms with Crippen LogP contribution >= 0.6 is 0 Å². The number of furan rings is 1. The molecular formula is C26H30N2O3. The summed E-state index contributed by atoms with van der Waals surface area (Å²) in [4.78, 5) is 17.7. The van der Waals surface area contributed by atoms with E-state index in [9.17, 15) is 4.79 Å². The fourth-order valence-corrected chi connectivity index (χ4v) is 4.23. The average Bonchev–Trinajstić information content (AvgIpc) is 3.36. The fourth-order valence-electron chi connectivity index (χ4n) is 4.23. The number of benzene rings is 2. The lowest BCUT2D eigenvalue weighted by Gasteiger charge is -2.38. The second kappa shape index (κ2) is 9.84. The summed E-state index contributed by atoms with van der Waals surface area (Å²) in [6, 6.07) is 20.2. The Morgan fingerprint density at radius 1 is 1.03 bits per heavy atom. The number of amides is 1. The van der Waals surface area contributed by atoms with E-state index in [0.29, 0.717) is 5.76 Å². The number of anilines is 1. The molecule has 0 atom stereocenters. The molecule has 1 saturated heterocycles. The van der Waals surface area contributed by atoms with Crippen LogP contribution in [-0.2, 0) is 13.0 Å². The molecular weight excluding hydrogens is 388 g/mol. The fraction of sp³-hybridized carbons (Fsp3) is 0.346. The average molecular weight is 419 g/mol. The first-order valence-corrected chi connectivity index (χ1v) is 11.0. The van der Waals surface area contributed by atoms with Crippen molar-refractivity contribution in [1.82, 2.24) is 4.90 Å². The van der Waals surface area contributed by atoms with Crippen molar-refractivity contribution in [3.63, 3.8) is 0 Å². The minimum Gasteiger partial charge on any atom is -0.497 e. The van der Waals surface area contributed by atoms with Crippen LogP contribution in [0.2, 0.25) is 0 Å². The second-order valence-corrected chi connectivity index (χ2v) is 8.03. The van der Waals surface area contributed by atoms with E-state index in [0.717, 1.165) is 50.3 Å². The van der Waals surface area contributed by atoms with Gasteiger partial charge in [-0.1, -0.05) is 31.2 Å². The molecule has 4 rings (SSSR count). The number of ether oxygens (including phenoxy) is 1. The Bertz CT molecular complexity index is 957. The maximum atomic E-state index is 13.3. The highest BCUT2D eigenvalue weighted by molar-refractivity contribution is 6.04. The van der Waals surface area contributed by atoms with Crippen molar-refractivity contribution in [2.24, 2.45) is 0 Å². The lowest BCUT2D eigenvalue weighted by molar-refractivity contribution is 0.0931. The first kappa shape index (κ1) is 21.2. The molecule has 5 nitrogen and oxygen atoms in total. The molecule has 162 valence electrons. The molecule has 1 aliphatic rings. The molecule has 2 aromatic carbocycles. The zero-order valence-corrected chi connectivity index (χ0v) is 18.3. The maximum Gasteiger partial charge on any atom is 0.294 e. The molecule has 2 heterocycles. The third-order valence-electron chi connectivity index (χ3n) is 6.06. The molecule has 31 heavy (non-hydrogen) atoms. The summed E-state index contributed by atoms with van der Waals surface area (Å²) >= 11 is 0. The topological polar surface area (TPSA) is 45.9 Å². The Hall–Kier alpha value is -3.05. The predicted molar refractivity (Wildman–Crippen MR) is 123 cm³/mol. The number of piperidine rings is 1. The standard InChI is InChI=1S/C26H30N2O3/c1-3-20-6-10-22(11-7-20)28(26(29)25-5-4-18-31-25)23-14-16-27(17-15-23)19-21-8-12-24(30-2)13-9-21/h4-13,18,23H,3,14-17,19H2,1-2H3. The molecule has 1 aliphatic heterocycles. The molecule has 0 N–H and O–H groups in total. The molecule has 0 radical (unpaired) electrons. The van der Waals surface area contributed by atoms with Crippen molar-refractivity contribution >= 4 is 11.6 Å². The summed E-state index contributed by atoms with van der Waals surface area (Å²) in [6.45, 7) is 4.95. The number of hydrogen-bond donors (Lipinski definition) is 0. The number of methoxy groups -OCH3 is 1. The van der Waals surface area contributed by atoms with Gasteiger partial charge in [0.1, 0.15) is 5.75 Å². The number of carbonyl (C=O) groups excluding carboxylic acids is 1. The number of likely N-dealkylation sites (tertiary alicyclic amines) is 1. The molecule has 5 heteroatoms. The zero-order chi connectivity index (χ0) is 21.6. The molecule has 3 aromatic rings. The van der Waals surface area contributed by atoms with Crippen molar-refractivity contribution in [3.8, 4) is 5.75 Å². The van der Waals surface area contributed by atoms with Crippen LogP contribution in [0.25, 0.3) is 0 Å². The van der Waals surface area contributed by atoms with E-state index in [1.165, 1.54) is 11.1 Å². The summed E-state index contributed by atoms with van der Waals surface area (Å²) in [5.41, 5.74) is 3.48. The summed E-state index contributed by atoms with van der Waals surface area (Å²) in [5.74, 6) is 1.20. The Morgan fingerprint density at radius 2 is 1.71 bits per heavy atom. The lowest BCUT2D eigenvalue weighted by atomic mass is 10.0. The Labute approximate surface area is 184 Å². The molecule has 0 spiro atoms. The Kier molecular flexibility index (Phi) is 6.73. The minimum absolute atomic E-state index is 0.0668. The molecule has 0 saturated carbocycles. The highest BCUT2D eigenvalue weighted by Crippen LogP contribution is 2.27. The van der Waals surface area contributed by atoms with E-state index in [4.69, 9.17) is 9.15 Å². The number of hydrogen-bond acceptors (Lipinski definition) is 4. The molecule has 0 unspecified atom stereocenters. The van der Waals surface area contributed by atoms with Gasteiger partial charge in [-0.3, -0.25) is 9.69 Å². The van der Waals surface area contributed by atoms with Crippen LogP contribution in [0.15, 0.2) is 71.3 Å². The number of rotatable bonds is 7. The molecule has 1 aromatic heterocycles. The van der Waals surface area contributed by atoms with E-state index in [2.05, 4.69) is 48.2 Å². The van der Waals surface area contributed by atoms with Crippen molar-refractivity contribution in [2.45, 2.75) is 38.8 Å². The first-order chi connectivity index (χ1) is 15.2. The van der Waals surface area contributed by atoms with Crippen molar-refractivity contribution < 1.29 is 13.9 Å². The summed E-state index contributed by atoms with van der Waals surface area (Å²) < 4.78 is 10.7. The number of carbonyl (C=O) groups is 1. The predicted octanol–water partition coefficient (Wildman–Crippen LogP) is 5.16.